The monoisotopic (exact) mass is 292 g/mol. The summed E-state index contributed by atoms with van der Waals surface area (Å²) in [4.78, 5) is 7.21. The SMILES string of the molecule is CC(CCS(C)=O)NS(=O)(=O)c1cnc(N)nc1. The average Bonchev–Trinajstić information content (AvgIpc) is 2.26. The van der Waals surface area contributed by atoms with Gasteiger partial charge in [-0.3, -0.25) is 4.21 Å². The molecule has 1 rings (SSSR count). The van der Waals surface area contributed by atoms with Crippen LogP contribution in [0.5, 0.6) is 0 Å². The van der Waals surface area contributed by atoms with E-state index in [0.717, 1.165) is 12.4 Å². The predicted octanol–water partition coefficient (Wildman–Crippen LogP) is -0.506. The first-order valence-electron chi connectivity index (χ1n) is 5.21. The van der Waals surface area contributed by atoms with Crippen LogP contribution in [0.3, 0.4) is 0 Å². The highest BCUT2D eigenvalue weighted by Crippen LogP contribution is 2.07. The number of sulfonamides is 1. The van der Waals surface area contributed by atoms with E-state index in [1.807, 2.05) is 0 Å². The fraction of sp³-hybridized carbons (Fsp3) is 0.556. The van der Waals surface area contributed by atoms with Crippen molar-refractivity contribution in [3.8, 4) is 0 Å². The summed E-state index contributed by atoms with van der Waals surface area (Å²) >= 11 is 0. The first-order valence-corrected chi connectivity index (χ1v) is 8.42. The largest absolute Gasteiger partial charge is 0.368 e. The second kappa shape index (κ2) is 6.21. The van der Waals surface area contributed by atoms with Crippen molar-refractivity contribution in [2.24, 2.45) is 0 Å². The van der Waals surface area contributed by atoms with Gasteiger partial charge in [-0.1, -0.05) is 0 Å². The summed E-state index contributed by atoms with van der Waals surface area (Å²) in [6.07, 6.45) is 4.37. The van der Waals surface area contributed by atoms with E-state index in [-0.39, 0.29) is 16.9 Å². The van der Waals surface area contributed by atoms with Crippen LogP contribution >= 0.6 is 0 Å². The lowest BCUT2D eigenvalue weighted by Gasteiger charge is -2.13. The van der Waals surface area contributed by atoms with Crippen LogP contribution in [0.15, 0.2) is 17.3 Å². The van der Waals surface area contributed by atoms with Gasteiger partial charge in [0.25, 0.3) is 0 Å². The molecule has 0 aliphatic carbocycles. The minimum Gasteiger partial charge on any atom is -0.368 e. The Hall–Kier alpha value is -1.06. The fourth-order valence-electron chi connectivity index (χ4n) is 1.20. The van der Waals surface area contributed by atoms with Gasteiger partial charge in [0.1, 0.15) is 4.90 Å². The van der Waals surface area contributed by atoms with E-state index in [0.29, 0.717) is 12.2 Å². The number of nitrogens with zero attached hydrogens (tertiary/aromatic N) is 2. The summed E-state index contributed by atoms with van der Waals surface area (Å²) in [6.45, 7) is 1.71. The van der Waals surface area contributed by atoms with Crippen molar-refractivity contribution in [3.05, 3.63) is 12.4 Å². The van der Waals surface area contributed by atoms with Crippen LogP contribution in [-0.4, -0.2) is 40.6 Å². The summed E-state index contributed by atoms with van der Waals surface area (Å²) < 4.78 is 37.2. The van der Waals surface area contributed by atoms with Crippen molar-refractivity contribution in [1.82, 2.24) is 14.7 Å². The van der Waals surface area contributed by atoms with E-state index in [4.69, 9.17) is 5.73 Å². The lowest BCUT2D eigenvalue weighted by molar-refractivity contribution is 0.555. The first kappa shape index (κ1) is 15.0. The van der Waals surface area contributed by atoms with Gasteiger partial charge in [0.2, 0.25) is 16.0 Å². The van der Waals surface area contributed by atoms with Crippen LogP contribution in [0.4, 0.5) is 5.95 Å². The summed E-state index contributed by atoms with van der Waals surface area (Å²) in [5.74, 6) is 0.463. The number of aromatic nitrogens is 2. The first-order chi connectivity index (χ1) is 8.31. The smallest absolute Gasteiger partial charge is 0.243 e. The van der Waals surface area contributed by atoms with Gasteiger partial charge >= 0.3 is 0 Å². The Kier molecular flexibility index (Phi) is 5.17. The minimum atomic E-state index is -3.65. The Balaban J connectivity index is 2.70. The Morgan fingerprint density at radius 2 is 2.00 bits per heavy atom. The third-order valence-corrected chi connectivity index (χ3v) is 4.51. The zero-order chi connectivity index (χ0) is 13.8. The maximum atomic E-state index is 11.9. The number of rotatable bonds is 6. The second-order valence-electron chi connectivity index (χ2n) is 3.87. The number of nitrogens with two attached hydrogens (primary N) is 1. The van der Waals surface area contributed by atoms with Crippen LogP contribution in [0.1, 0.15) is 13.3 Å². The molecule has 0 amide bonds. The molecule has 0 saturated carbocycles. The van der Waals surface area contributed by atoms with E-state index >= 15 is 0 Å². The molecule has 0 spiro atoms. The van der Waals surface area contributed by atoms with Gasteiger partial charge in [0.05, 0.1) is 12.4 Å². The molecule has 3 N–H and O–H groups in total. The number of hydrogen-bond donors (Lipinski definition) is 2. The van der Waals surface area contributed by atoms with Crippen LogP contribution in [0, 0.1) is 0 Å². The Morgan fingerprint density at radius 3 is 2.50 bits per heavy atom. The van der Waals surface area contributed by atoms with E-state index in [2.05, 4.69) is 14.7 Å². The van der Waals surface area contributed by atoms with Gasteiger partial charge in [-0.05, 0) is 13.3 Å². The summed E-state index contributed by atoms with van der Waals surface area (Å²) in [6, 6.07) is -0.309. The van der Waals surface area contributed by atoms with Gasteiger partial charge < -0.3 is 5.73 Å². The number of hydrogen-bond acceptors (Lipinski definition) is 6. The molecule has 18 heavy (non-hydrogen) atoms. The standard InChI is InChI=1S/C9H16N4O3S2/c1-7(3-4-17(2)14)13-18(15,16)8-5-11-9(10)12-6-8/h5-7,13H,3-4H2,1-2H3,(H2,10,11,12). The molecule has 7 nitrogen and oxygen atoms in total. The molecule has 0 aliphatic rings. The molecule has 1 aromatic rings. The molecular formula is C9H16N4O3S2. The van der Waals surface area contributed by atoms with Gasteiger partial charge in [0, 0.05) is 28.9 Å². The number of anilines is 1. The van der Waals surface area contributed by atoms with Crippen molar-refractivity contribution < 1.29 is 12.6 Å². The van der Waals surface area contributed by atoms with Crippen molar-refractivity contribution in [2.75, 3.05) is 17.7 Å². The average molecular weight is 292 g/mol. The highest BCUT2D eigenvalue weighted by Gasteiger charge is 2.18. The third-order valence-electron chi connectivity index (χ3n) is 2.15. The van der Waals surface area contributed by atoms with Crippen molar-refractivity contribution in [1.29, 1.82) is 0 Å². The highest BCUT2D eigenvalue weighted by molar-refractivity contribution is 7.89. The fourth-order valence-corrected chi connectivity index (χ4v) is 3.05. The van der Waals surface area contributed by atoms with Gasteiger partial charge in [0.15, 0.2) is 0 Å². The zero-order valence-corrected chi connectivity index (χ0v) is 11.8. The Labute approximate surface area is 109 Å². The van der Waals surface area contributed by atoms with Crippen LogP contribution in [-0.2, 0) is 20.8 Å². The molecule has 2 unspecified atom stereocenters. The van der Waals surface area contributed by atoms with Crippen LogP contribution in [0.25, 0.3) is 0 Å². The highest BCUT2D eigenvalue weighted by atomic mass is 32.2. The molecule has 0 aromatic carbocycles. The molecule has 0 radical (unpaired) electrons. The minimum absolute atomic E-state index is 0.0170. The topological polar surface area (TPSA) is 115 Å². The van der Waals surface area contributed by atoms with Crippen LogP contribution in [0.2, 0.25) is 0 Å². The second-order valence-corrected chi connectivity index (χ2v) is 7.13. The number of nitrogens with one attached hydrogen (secondary N) is 1. The molecule has 2 atom stereocenters. The van der Waals surface area contributed by atoms with Gasteiger partial charge in [-0.25, -0.2) is 23.1 Å². The molecule has 1 heterocycles. The van der Waals surface area contributed by atoms with E-state index in [1.54, 1.807) is 13.2 Å². The third kappa shape index (κ3) is 4.67. The maximum Gasteiger partial charge on any atom is 0.243 e. The summed E-state index contributed by atoms with van der Waals surface area (Å²) in [7, 11) is -4.59. The molecule has 9 heteroatoms. The molecule has 0 saturated heterocycles. The Bertz CT molecular complexity index is 515. The quantitative estimate of drug-likeness (QED) is 0.730. The molecule has 0 fully saturated rings. The molecule has 1 aromatic heterocycles. The van der Waals surface area contributed by atoms with Crippen molar-refractivity contribution in [2.45, 2.75) is 24.3 Å². The van der Waals surface area contributed by atoms with E-state index < -0.39 is 20.8 Å². The molecular weight excluding hydrogens is 276 g/mol. The van der Waals surface area contributed by atoms with E-state index in [9.17, 15) is 12.6 Å². The molecule has 0 bridgehead atoms. The summed E-state index contributed by atoms with van der Waals surface area (Å²) in [5, 5.41) is 0. The molecule has 102 valence electrons. The molecule has 0 aliphatic heterocycles. The van der Waals surface area contributed by atoms with Crippen molar-refractivity contribution in [3.63, 3.8) is 0 Å². The lowest BCUT2D eigenvalue weighted by Crippen LogP contribution is -2.33. The van der Waals surface area contributed by atoms with Crippen LogP contribution < -0.4 is 10.5 Å². The van der Waals surface area contributed by atoms with Gasteiger partial charge in [-0.2, -0.15) is 0 Å². The van der Waals surface area contributed by atoms with E-state index in [1.165, 1.54) is 0 Å². The zero-order valence-electron chi connectivity index (χ0n) is 10.2. The van der Waals surface area contributed by atoms with Crippen molar-refractivity contribution >= 4 is 26.8 Å². The predicted molar refractivity (Wildman–Crippen MR) is 69.8 cm³/mol. The maximum absolute atomic E-state index is 11.9. The summed E-state index contributed by atoms with van der Waals surface area (Å²) in [5.41, 5.74) is 5.28. The van der Waals surface area contributed by atoms with Gasteiger partial charge in [-0.15, -0.1) is 0 Å². The Morgan fingerprint density at radius 1 is 1.44 bits per heavy atom. The number of nitrogen functional groups attached to an aromatic ring is 1. The lowest BCUT2D eigenvalue weighted by atomic mass is 10.3. The normalized spacial score (nSPS) is 15.2.